The smallest absolute Gasteiger partial charge is 0.337 e. The molecule has 1 N–H and O–H groups in total. The summed E-state index contributed by atoms with van der Waals surface area (Å²) < 4.78 is 4.66. The second kappa shape index (κ2) is 10.9. The van der Waals surface area contributed by atoms with Crippen LogP contribution in [0.2, 0.25) is 5.02 Å². The Kier molecular flexibility index (Phi) is 7.96. The number of nitrogens with zero attached hydrogens (tertiary/aromatic N) is 3. The van der Waals surface area contributed by atoms with E-state index in [1.807, 2.05) is 24.3 Å². The molecule has 0 aliphatic carbocycles. The maximum absolute atomic E-state index is 12.1. The number of halogens is 1. The van der Waals surface area contributed by atoms with Crippen molar-refractivity contribution in [1.82, 2.24) is 15.2 Å². The molecule has 2 aromatic carbocycles. The molecule has 0 unspecified atom stereocenters. The lowest BCUT2D eigenvalue weighted by Crippen LogP contribution is -2.48. The van der Waals surface area contributed by atoms with Crippen LogP contribution >= 0.6 is 11.6 Å². The summed E-state index contributed by atoms with van der Waals surface area (Å²) in [7, 11) is 1.34. The molecule has 0 spiro atoms. The Morgan fingerprint density at radius 2 is 1.67 bits per heavy atom. The van der Waals surface area contributed by atoms with Crippen molar-refractivity contribution in [2.45, 2.75) is 6.54 Å². The number of hydrogen-bond acceptors (Lipinski definition) is 6. The van der Waals surface area contributed by atoms with Gasteiger partial charge in [0.2, 0.25) is 0 Å². The molecule has 30 heavy (non-hydrogen) atoms. The quantitative estimate of drug-likeness (QED) is 0.416. The van der Waals surface area contributed by atoms with Crippen molar-refractivity contribution >= 4 is 29.7 Å². The van der Waals surface area contributed by atoms with Gasteiger partial charge in [-0.25, -0.2) is 10.2 Å². The van der Waals surface area contributed by atoms with Crippen molar-refractivity contribution in [2.75, 3.05) is 39.8 Å². The van der Waals surface area contributed by atoms with E-state index < -0.39 is 0 Å². The van der Waals surface area contributed by atoms with E-state index in [-0.39, 0.29) is 11.9 Å². The number of hydrazone groups is 1. The largest absolute Gasteiger partial charge is 0.465 e. The van der Waals surface area contributed by atoms with Crippen molar-refractivity contribution in [3.63, 3.8) is 0 Å². The van der Waals surface area contributed by atoms with Gasteiger partial charge in [-0.2, -0.15) is 5.10 Å². The van der Waals surface area contributed by atoms with Crippen LogP contribution in [-0.2, 0) is 16.1 Å². The lowest BCUT2D eigenvalue weighted by molar-refractivity contribution is -0.122. The van der Waals surface area contributed by atoms with Crippen molar-refractivity contribution in [1.29, 1.82) is 0 Å². The maximum Gasteiger partial charge on any atom is 0.337 e. The monoisotopic (exact) mass is 428 g/mol. The normalized spacial score (nSPS) is 15.3. The zero-order chi connectivity index (χ0) is 21.3. The summed E-state index contributed by atoms with van der Waals surface area (Å²) in [5.74, 6) is -0.538. The number of amides is 1. The maximum atomic E-state index is 12.1. The Morgan fingerprint density at radius 1 is 1.03 bits per heavy atom. The summed E-state index contributed by atoms with van der Waals surface area (Å²) in [4.78, 5) is 28.0. The van der Waals surface area contributed by atoms with Crippen LogP contribution in [0.5, 0.6) is 0 Å². The first-order valence-electron chi connectivity index (χ1n) is 9.73. The SMILES string of the molecule is COC(=O)c1ccc(/C=N\NC(=O)CN2CCN(Cc3ccc(Cl)cc3)CC2)cc1. The highest BCUT2D eigenvalue weighted by molar-refractivity contribution is 6.30. The number of carbonyl (C=O) groups excluding carboxylic acids is 2. The summed E-state index contributed by atoms with van der Waals surface area (Å²) in [6, 6.07) is 14.7. The first kappa shape index (κ1) is 22.0. The van der Waals surface area contributed by atoms with Gasteiger partial charge in [0.25, 0.3) is 5.91 Å². The Balaban J connectivity index is 1.38. The van der Waals surface area contributed by atoms with E-state index in [0.717, 1.165) is 43.3 Å². The van der Waals surface area contributed by atoms with E-state index in [2.05, 4.69) is 25.1 Å². The van der Waals surface area contributed by atoms with Crippen LogP contribution in [0, 0.1) is 0 Å². The Morgan fingerprint density at radius 3 is 2.30 bits per heavy atom. The molecule has 158 valence electrons. The fourth-order valence-corrected chi connectivity index (χ4v) is 3.32. The minimum atomic E-state index is -0.389. The third-order valence-corrected chi connectivity index (χ3v) is 5.14. The number of piperazine rings is 1. The number of esters is 1. The zero-order valence-corrected chi connectivity index (χ0v) is 17.6. The fourth-order valence-electron chi connectivity index (χ4n) is 3.19. The molecule has 1 heterocycles. The average Bonchev–Trinajstić information content (AvgIpc) is 2.76. The van der Waals surface area contributed by atoms with E-state index in [0.29, 0.717) is 12.1 Å². The van der Waals surface area contributed by atoms with Gasteiger partial charge in [0, 0.05) is 37.7 Å². The molecular formula is C22H25ClN4O3. The molecular weight excluding hydrogens is 404 g/mol. The number of carbonyl (C=O) groups is 2. The van der Waals surface area contributed by atoms with Gasteiger partial charge in [0.1, 0.15) is 0 Å². The van der Waals surface area contributed by atoms with Crippen LogP contribution in [0.4, 0.5) is 0 Å². The summed E-state index contributed by atoms with van der Waals surface area (Å²) in [5.41, 5.74) is 5.03. The Bertz CT molecular complexity index is 876. The number of methoxy groups -OCH3 is 1. The molecule has 3 rings (SSSR count). The minimum absolute atomic E-state index is 0.149. The molecule has 0 atom stereocenters. The Hall–Kier alpha value is -2.74. The molecule has 1 aliphatic heterocycles. The highest BCUT2D eigenvalue weighted by Gasteiger charge is 2.18. The molecule has 8 heteroatoms. The van der Waals surface area contributed by atoms with Gasteiger partial charge in [-0.1, -0.05) is 35.9 Å². The van der Waals surface area contributed by atoms with E-state index in [1.54, 1.807) is 30.5 Å². The fraction of sp³-hybridized carbons (Fsp3) is 0.318. The highest BCUT2D eigenvalue weighted by Crippen LogP contribution is 2.13. The highest BCUT2D eigenvalue weighted by atomic mass is 35.5. The average molecular weight is 429 g/mol. The molecule has 1 amide bonds. The van der Waals surface area contributed by atoms with Gasteiger partial charge in [-0.3, -0.25) is 14.6 Å². The second-order valence-corrected chi connectivity index (χ2v) is 7.52. The number of hydrogen-bond donors (Lipinski definition) is 1. The Labute approximate surface area is 181 Å². The van der Waals surface area contributed by atoms with Gasteiger partial charge in [0.15, 0.2) is 0 Å². The molecule has 2 aromatic rings. The van der Waals surface area contributed by atoms with Crippen LogP contribution < -0.4 is 5.43 Å². The third-order valence-electron chi connectivity index (χ3n) is 4.89. The third kappa shape index (κ3) is 6.66. The van der Waals surface area contributed by atoms with Crippen molar-refractivity contribution in [2.24, 2.45) is 5.10 Å². The summed E-state index contributed by atoms with van der Waals surface area (Å²) in [6.07, 6.45) is 1.54. The predicted molar refractivity (Wildman–Crippen MR) is 117 cm³/mol. The van der Waals surface area contributed by atoms with Gasteiger partial charge in [-0.05, 0) is 35.4 Å². The zero-order valence-electron chi connectivity index (χ0n) is 16.9. The van der Waals surface area contributed by atoms with Crippen LogP contribution in [0.3, 0.4) is 0 Å². The minimum Gasteiger partial charge on any atom is -0.465 e. The van der Waals surface area contributed by atoms with Crippen LogP contribution in [0.25, 0.3) is 0 Å². The van der Waals surface area contributed by atoms with Gasteiger partial charge >= 0.3 is 5.97 Å². The van der Waals surface area contributed by atoms with E-state index in [9.17, 15) is 9.59 Å². The van der Waals surface area contributed by atoms with Crippen LogP contribution in [-0.4, -0.2) is 67.7 Å². The number of benzene rings is 2. The first-order chi connectivity index (χ1) is 14.5. The van der Waals surface area contributed by atoms with Crippen molar-refractivity contribution in [3.8, 4) is 0 Å². The standard InChI is InChI=1S/C22H25ClN4O3/c1-30-22(29)19-6-2-17(3-7-19)14-24-25-21(28)16-27-12-10-26(11-13-27)15-18-4-8-20(23)9-5-18/h2-9,14H,10-13,15-16H2,1H3,(H,25,28)/b24-14-. The second-order valence-electron chi connectivity index (χ2n) is 7.09. The molecule has 0 saturated carbocycles. The van der Waals surface area contributed by atoms with Gasteiger partial charge < -0.3 is 4.74 Å². The molecule has 1 aliphatic rings. The number of ether oxygens (including phenoxy) is 1. The molecule has 0 aromatic heterocycles. The van der Waals surface area contributed by atoms with Crippen LogP contribution in [0.15, 0.2) is 53.6 Å². The number of rotatable bonds is 7. The summed E-state index contributed by atoms with van der Waals surface area (Å²) in [5, 5.41) is 4.74. The lowest BCUT2D eigenvalue weighted by atomic mass is 10.1. The predicted octanol–water partition coefficient (Wildman–Crippen LogP) is 2.39. The number of nitrogens with one attached hydrogen (secondary N) is 1. The van der Waals surface area contributed by atoms with Crippen molar-refractivity contribution in [3.05, 3.63) is 70.2 Å². The molecule has 0 radical (unpaired) electrons. The van der Waals surface area contributed by atoms with Gasteiger partial charge in [0.05, 0.1) is 25.4 Å². The van der Waals surface area contributed by atoms with Gasteiger partial charge in [-0.15, -0.1) is 0 Å². The summed E-state index contributed by atoms with van der Waals surface area (Å²) in [6.45, 7) is 4.68. The van der Waals surface area contributed by atoms with Crippen molar-refractivity contribution < 1.29 is 14.3 Å². The first-order valence-corrected chi connectivity index (χ1v) is 10.1. The topological polar surface area (TPSA) is 74.2 Å². The van der Waals surface area contributed by atoms with E-state index >= 15 is 0 Å². The molecule has 0 bridgehead atoms. The van der Waals surface area contributed by atoms with E-state index in [4.69, 9.17) is 11.6 Å². The molecule has 1 fully saturated rings. The molecule has 1 saturated heterocycles. The summed E-state index contributed by atoms with van der Waals surface area (Å²) >= 11 is 5.93. The van der Waals surface area contributed by atoms with Crippen LogP contribution in [0.1, 0.15) is 21.5 Å². The lowest BCUT2D eigenvalue weighted by Gasteiger charge is -2.34. The molecule has 7 nitrogen and oxygen atoms in total. The van der Waals surface area contributed by atoms with E-state index in [1.165, 1.54) is 12.7 Å².